The van der Waals surface area contributed by atoms with E-state index in [0.717, 1.165) is 10.0 Å². The van der Waals surface area contributed by atoms with E-state index >= 15 is 0 Å². The van der Waals surface area contributed by atoms with E-state index in [2.05, 4.69) is 35.5 Å². The van der Waals surface area contributed by atoms with E-state index in [0.29, 0.717) is 5.56 Å². The average Bonchev–Trinajstić information content (AvgIpc) is 2.17. The third-order valence-corrected chi connectivity index (χ3v) is 2.52. The Morgan fingerprint density at radius 3 is 2.77 bits per heavy atom. The summed E-state index contributed by atoms with van der Waals surface area (Å²) in [5.41, 5.74) is 1.64. The van der Waals surface area contributed by atoms with Crippen molar-refractivity contribution in [3.63, 3.8) is 0 Å². The number of nitrogens with zero attached hydrogens (tertiary/aromatic N) is 1. The standard InChI is InChI=1S/C11H9BrN/c1-3-8(2)9-4-5-11(12)10(6-9)7-13/h3-6,8H,1-2H2. The molecule has 13 heavy (non-hydrogen) atoms. The lowest BCUT2D eigenvalue weighted by Crippen LogP contribution is -1.90. The van der Waals surface area contributed by atoms with Gasteiger partial charge in [0.2, 0.25) is 0 Å². The molecule has 1 rings (SSSR count). The number of benzene rings is 1. The summed E-state index contributed by atoms with van der Waals surface area (Å²) in [4.78, 5) is 0. The molecule has 0 saturated heterocycles. The molecule has 0 N–H and O–H groups in total. The summed E-state index contributed by atoms with van der Waals surface area (Å²) >= 11 is 3.29. The normalized spacial score (nSPS) is 11.8. The van der Waals surface area contributed by atoms with Gasteiger partial charge in [-0.2, -0.15) is 5.26 Å². The Balaban J connectivity index is 3.15. The largest absolute Gasteiger partial charge is 0.192 e. The molecule has 0 spiro atoms. The molecular weight excluding hydrogens is 226 g/mol. The van der Waals surface area contributed by atoms with Crippen molar-refractivity contribution in [1.29, 1.82) is 5.26 Å². The van der Waals surface area contributed by atoms with Crippen LogP contribution in [0.3, 0.4) is 0 Å². The Kier molecular flexibility index (Phi) is 3.27. The Hall–Kier alpha value is -1.07. The van der Waals surface area contributed by atoms with Gasteiger partial charge in [-0.15, -0.1) is 6.58 Å². The zero-order chi connectivity index (χ0) is 9.84. The Morgan fingerprint density at radius 2 is 2.23 bits per heavy atom. The van der Waals surface area contributed by atoms with Crippen LogP contribution in [0.1, 0.15) is 17.0 Å². The summed E-state index contributed by atoms with van der Waals surface area (Å²) in [7, 11) is 0. The average molecular weight is 235 g/mol. The van der Waals surface area contributed by atoms with Crippen molar-refractivity contribution >= 4 is 15.9 Å². The maximum atomic E-state index is 8.77. The van der Waals surface area contributed by atoms with Crippen LogP contribution in [0.4, 0.5) is 0 Å². The lowest BCUT2D eigenvalue weighted by molar-refractivity contribution is 1.08. The number of hydrogen-bond donors (Lipinski definition) is 0. The molecule has 0 aliphatic carbocycles. The molecule has 0 heterocycles. The van der Waals surface area contributed by atoms with Gasteiger partial charge in [0.25, 0.3) is 0 Å². The third-order valence-electron chi connectivity index (χ3n) is 1.82. The predicted molar refractivity (Wildman–Crippen MR) is 57.2 cm³/mol. The molecule has 0 bridgehead atoms. The number of allylic oxidation sites excluding steroid dienone is 1. The van der Waals surface area contributed by atoms with Crippen LogP contribution in [0.5, 0.6) is 0 Å². The van der Waals surface area contributed by atoms with Crippen molar-refractivity contribution in [2.24, 2.45) is 0 Å². The van der Waals surface area contributed by atoms with E-state index in [9.17, 15) is 0 Å². The summed E-state index contributed by atoms with van der Waals surface area (Å²) < 4.78 is 0.815. The minimum atomic E-state index is 0.0419. The van der Waals surface area contributed by atoms with Gasteiger partial charge in [-0.05, 0) is 40.5 Å². The Morgan fingerprint density at radius 1 is 1.54 bits per heavy atom. The SMILES string of the molecule is [CH2]C(C=C)c1ccc(Br)c(C#N)c1. The second-order valence-electron chi connectivity index (χ2n) is 2.69. The van der Waals surface area contributed by atoms with Gasteiger partial charge < -0.3 is 0 Å². The van der Waals surface area contributed by atoms with Crippen LogP contribution < -0.4 is 0 Å². The molecule has 0 aliphatic heterocycles. The van der Waals surface area contributed by atoms with Gasteiger partial charge in [-0.3, -0.25) is 0 Å². The van der Waals surface area contributed by atoms with Gasteiger partial charge in [0.15, 0.2) is 0 Å². The molecule has 2 heteroatoms. The monoisotopic (exact) mass is 234 g/mol. The van der Waals surface area contributed by atoms with Crippen LogP contribution in [0.15, 0.2) is 35.3 Å². The molecule has 1 aromatic carbocycles. The first-order valence-corrected chi connectivity index (χ1v) is 4.63. The molecular formula is C11H9BrN. The van der Waals surface area contributed by atoms with Crippen LogP contribution >= 0.6 is 15.9 Å². The fraction of sp³-hybridized carbons (Fsp3) is 0.0909. The lowest BCUT2D eigenvalue weighted by Gasteiger charge is -2.06. The second kappa shape index (κ2) is 4.25. The predicted octanol–water partition coefficient (Wildman–Crippen LogP) is 3.42. The second-order valence-corrected chi connectivity index (χ2v) is 3.55. The fourth-order valence-corrected chi connectivity index (χ4v) is 1.33. The molecule has 1 radical (unpaired) electrons. The van der Waals surface area contributed by atoms with E-state index in [-0.39, 0.29) is 5.92 Å². The quantitative estimate of drug-likeness (QED) is 0.720. The van der Waals surface area contributed by atoms with E-state index < -0.39 is 0 Å². The molecule has 0 saturated carbocycles. The van der Waals surface area contributed by atoms with Crippen LogP contribution in [0, 0.1) is 18.3 Å². The maximum absolute atomic E-state index is 8.77. The van der Waals surface area contributed by atoms with E-state index in [1.54, 1.807) is 6.08 Å². The number of rotatable bonds is 2. The molecule has 1 atom stereocenters. The summed E-state index contributed by atoms with van der Waals surface area (Å²) in [6.07, 6.45) is 1.75. The van der Waals surface area contributed by atoms with Crippen LogP contribution in [0.2, 0.25) is 0 Å². The van der Waals surface area contributed by atoms with Gasteiger partial charge in [0.1, 0.15) is 6.07 Å². The van der Waals surface area contributed by atoms with Crippen molar-refractivity contribution < 1.29 is 0 Å². The minimum Gasteiger partial charge on any atom is -0.192 e. The summed E-state index contributed by atoms with van der Waals surface area (Å²) in [6, 6.07) is 7.72. The highest BCUT2D eigenvalue weighted by atomic mass is 79.9. The minimum absolute atomic E-state index is 0.0419. The van der Waals surface area contributed by atoms with Crippen molar-refractivity contribution in [2.75, 3.05) is 0 Å². The first kappa shape index (κ1) is 10.0. The lowest BCUT2D eigenvalue weighted by atomic mass is 10.00. The molecule has 1 unspecified atom stereocenters. The van der Waals surface area contributed by atoms with E-state index in [1.165, 1.54) is 0 Å². The Bertz CT molecular complexity index is 363. The van der Waals surface area contributed by atoms with Crippen LogP contribution in [0.25, 0.3) is 0 Å². The summed E-state index contributed by atoms with van der Waals surface area (Å²) in [6.45, 7) is 7.55. The summed E-state index contributed by atoms with van der Waals surface area (Å²) in [5.74, 6) is 0.0419. The van der Waals surface area contributed by atoms with Gasteiger partial charge >= 0.3 is 0 Å². The van der Waals surface area contributed by atoms with Gasteiger partial charge in [0.05, 0.1) is 5.56 Å². The van der Waals surface area contributed by atoms with E-state index in [4.69, 9.17) is 5.26 Å². The molecule has 65 valence electrons. The van der Waals surface area contributed by atoms with Crippen molar-refractivity contribution in [3.8, 4) is 6.07 Å². The molecule has 0 fully saturated rings. The number of halogens is 1. The van der Waals surface area contributed by atoms with Crippen LogP contribution in [-0.2, 0) is 0 Å². The highest BCUT2D eigenvalue weighted by Crippen LogP contribution is 2.22. The van der Waals surface area contributed by atoms with E-state index in [1.807, 2.05) is 18.2 Å². The summed E-state index contributed by atoms with van der Waals surface area (Å²) in [5, 5.41) is 8.77. The highest BCUT2D eigenvalue weighted by Gasteiger charge is 2.04. The molecule has 0 aromatic heterocycles. The number of hydrogen-bond acceptors (Lipinski definition) is 1. The van der Waals surface area contributed by atoms with Gasteiger partial charge in [-0.1, -0.05) is 12.1 Å². The van der Waals surface area contributed by atoms with Gasteiger partial charge in [0, 0.05) is 10.4 Å². The highest BCUT2D eigenvalue weighted by molar-refractivity contribution is 9.10. The maximum Gasteiger partial charge on any atom is 0.100 e. The molecule has 0 aliphatic rings. The van der Waals surface area contributed by atoms with Crippen molar-refractivity contribution in [3.05, 3.63) is 53.4 Å². The van der Waals surface area contributed by atoms with Crippen molar-refractivity contribution in [2.45, 2.75) is 5.92 Å². The smallest absolute Gasteiger partial charge is 0.100 e. The first-order valence-electron chi connectivity index (χ1n) is 3.84. The van der Waals surface area contributed by atoms with Crippen molar-refractivity contribution in [1.82, 2.24) is 0 Å². The Labute approximate surface area is 86.8 Å². The van der Waals surface area contributed by atoms with Crippen LogP contribution in [-0.4, -0.2) is 0 Å². The molecule has 0 amide bonds. The van der Waals surface area contributed by atoms with Gasteiger partial charge in [-0.25, -0.2) is 0 Å². The zero-order valence-corrected chi connectivity index (χ0v) is 8.71. The number of nitriles is 1. The third kappa shape index (κ3) is 2.19. The zero-order valence-electron chi connectivity index (χ0n) is 7.13. The first-order chi connectivity index (χ1) is 6.19. The molecule has 1 nitrogen and oxygen atoms in total. The molecule has 1 aromatic rings. The topological polar surface area (TPSA) is 23.8 Å². The fourth-order valence-electron chi connectivity index (χ4n) is 0.995.